The number of ether oxygens (including phenoxy) is 1. The maximum absolute atomic E-state index is 5.78. The zero-order valence-corrected chi connectivity index (χ0v) is 14.1. The van der Waals surface area contributed by atoms with E-state index in [1.54, 1.807) is 0 Å². The zero-order chi connectivity index (χ0) is 14.9. The summed E-state index contributed by atoms with van der Waals surface area (Å²) in [5.74, 6) is 0. The molecule has 0 aromatic carbocycles. The average Bonchev–Trinajstić information content (AvgIpc) is 2.50. The van der Waals surface area contributed by atoms with Crippen molar-refractivity contribution in [3.63, 3.8) is 0 Å². The molecule has 0 N–H and O–H groups in total. The topological polar surface area (TPSA) is 22.2 Å². The highest BCUT2D eigenvalue weighted by Gasteiger charge is 2.13. The van der Waals surface area contributed by atoms with Crippen molar-refractivity contribution < 1.29 is 4.74 Å². The van der Waals surface area contributed by atoms with Crippen LogP contribution in [0.1, 0.15) is 12.8 Å². The fourth-order valence-corrected chi connectivity index (χ4v) is 3.03. The average molecular weight is 298 g/mol. The normalized spacial score (nSPS) is 23.7. The fourth-order valence-electron chi connectivity index (χ4n) is 3.03. The van der Waals surface area contributed by atoms with E-state index in [1.807, 2.05) is 0 Å². The molecule has 0 saturated carbocycles. The molecule has 2 heterocycles. The van der Waals surface area contributed by atoms with E-state index >= 15 is 0 Å². The Morgan fingerprint density at radius 3 is 1.38 bits per heavy atom. The van der Waals surface area contributed by atoms with Crippen molar-refractivity contribution in [2.45, 2.75) is 12.8 Å². The summed E-state index contributed by atoms with van der Waals surface area (Å²) in [6.07, 6.45) is 2.36. The fraction of sp³-hybridized carbons (Fsp3) is 1.00. The number of rotatable bonds is 8. The van der Waals surface area contributed by atoms with E-state index in [4.69, 9.17) is 4.74 Å². The standard InChI is InChI=1S/C16H34N4O/c1-17-7-11-19(12-8-17)5-3-15-21-16-4-6-20-13-9-18(2)10-14-20/h3-16H2,1-2H3. The highest BCUT2D eigenvalue weighted by atomic mass is 16.5. The van der Waals surface area contributed by atoms with Crippen LogP contribution in [-0.4, -0.2) is 112 Å². The predicted octanol–water partition coefficient (Wildman–Crippen LogP) is 0.278. The van der Waals surface area contributed by atoms with Crippen molar-refractivity contribution in [1.82, 2.24) is 19.6 Å². The SMILES string of the molecule is CN1CCN(CCCOCCCN2CCN(C)CC2)CC1. The Labute approximate surface area is 130 Å². The summed E-state index contributed by atoms with van der Waals surface area (Å²) in [6, 6.07) is 0. The third-order valence-electron chi connectivity index (χ3n) is 4.72. The van der Waals surface area contributed by atoms with Crippen LogP contribution in [0.4, 0.5) is 0 Å². The van der Waals surface area contributed by atoms with E-state index in [9.17, 15) is 0 Å². The Morgan fingerprint density at radius 1 is 0.619 bits per heavy atom. The highest BCUT2D eigenvalue weighted by Crippen LogP contribution is 2.02. The monoisotopic (exact) mass is 298 g/mol. The number of hydrogen-bond donors (Lipinski definition) is 0. The number of hydrogen-bond acceptors (Lipinski definition) is 5. The second kappa shape index (κ2) is 9.74. The van der Waals surface area contributed by atoms with E-state index in [-0.39, 0.29) is 0 Å². The summed E-state index contributed by atoms with van der Waals surface area (Å²) in [6.45, 7) is 14.0. The van der Waals surface area contributed by atoms with E-state index in [0.717, 1.165) is 13.2 Å². The molecule has 5 nitrogen and oxygen atoms in total. The molecule has 0 aromatic heterocycles. The maximum atomic E-state index is 5.78. The van der Waals surface area contributed by atoms with Crippen LogP contribution in [0, 0.1) is 0 Å². The molecular formula is C16H34N4O. The van der Waals surface area contributed by atoms with E-state index in [0.29, 0.717) is 0 Å². The van der Waals surface area contributed by atoms with Crippen molar-refractivity contribution >= 4 is 0 Å². The minimum Gasteiger partial charge on any atom is -0.381 e. The smallest absolute Gasteiger partial charge is 0.0478 e. The molecule has 2 aliphatic heterocycles. The minimum atomic E-state index is 0.926. The van der Waals surface area contributed by atoms with Gasteiger partial charge in [0, 0.05) is 78.7 Å². The molecule has 0 amide bonds. The molecular weight excluding hydrogens is 264 g/mol. The molecule has 2 aliphatic rings. The van der Waals surface area contributed by atoms with Gasteiger partial charge < -0.3 is 24.3 Å². The molecule has 0 radical (unpaired) electrons. The van der Waals surface area contributed by atoms with Gasteiger partial charge in [-0.2, -0.15) is 0 Å². The Balaban J connectivity index is 1.37. The molecule has 0 aliphatic carbocycles. The minimum absolute atomic E-state index is 0.926. The van der Waals surface area contributed by atoms with Gasteiger partial charge in [-0.25, -0.2) is 0 Å². The molecule has 0 bridgehead atoms. The first-order valence-electron chi connectivity index (χ1n) is 8.63. The Morgan fingerprint density at radius 2 is 1.00 bits per heavy atom. The molecule has 2 saturated heterocycles. The molecule has 0 atom stereocenters. The summed E-state index contributed by atoms with van der Waals surface area (Å²) in [4.78, 5) is 9.94. The van der Waals surface area contributed by atoms with Gasteiger partial charge in [0.1, 0.15) is 0 Å². The van der Waals surface area contributed by atoms with Gasteiger partial charge in [0.25, 0.3) is 0 Å². The predicted molar refractivity (Wildman–Crippen MR) is 87.9 cm³/mol. The third kappa shape index (κ3) is 7.06. The summed E-state index contributed by atoms with van der Waals surface area (Å²) in [5, 5.41) is 0. The lowest BCUT2D eigenvalue weighted by atomic mass is 10.3. The number of nitrogens with zero attached hydrogens (tertiary/aromatic N) is 4. The molecule has 0 unspecified atom stereocenters. The van der Waals surface area contributed by atoms with Gasteiger partial charge >= 0.3 is 0 Å². The van der Waals surface area contributed by atoms with Gasteiger partial charge in [0.2, 0.25) is 0 Å². The summed E-state index contributed by atoms with van der Waals surface area (Å²) in [5.41, 5.74) is 0. The van der Waals surface area contributed by atoms with Crippen LogP contribution in [0.15, 0.2) is 0 Å². The Hall–Kier alpha value is -0.200. The molecule has 124 valence electrons. The van der Waals surface area contributed by atoms with Crippen LogP contribution in [0.2, 0.25) is 0 Å². The largest absolute Gasteiger partial charge is 0.381 e. The molecule has 21 heavy (non-hydrogen) atoms. The Bertz CT molecular complexity index is 235. The molecule has 0 aromatic rings. The lowest BCUT2D eigenvalue weighted by molar-refractivity contribution is 0.0915. The second-order valence-electron chi connectivity index (χ2n) is 6.61. The van der Waals surface area contributed by atoms with Crippen molar-refractivity contribution in [1.29, 1.82) is 0 Å². The Kier molecular flexibility index (Phi) is 7.96. The zero-order valence-electron chi connectivity index (χ0n) is 14.1. The summed E-state index contributed by atoms with van der Waals surface area (Å²) >= 11 is 0. The van der Waals surface area contributed by atoms with Gasteiger partial charge in [0.15, 0.2) is 0 Å². The van der Waals surface area contributed by atoms with E-state index in [2.05, 4.69) is 33.7 Å². The summed E-state index contributed by atoms with van der Waals surface area (Å²) in [7, 11) is 4.42. The molecule has 2 fully saturated rings. The van der Waals surface area contributed by atoms with Gasteiger partial charge in [0.05, 0.1) is 0 Å². The van der Waals surface area contributed by atoms with Gasteiger partial charge in [-0.15, -0.1) is 0 Å². The van der Waals surface area contributed by atoms with E-state index in [1.165, 1.54) is 78.3 Å². The summed E-state index contributed by atoms with van der Waals surface area (Å²) < 4.78 is 5.78. The lowest BCUT2D eigenvalue weighted by Crippen LogP contribution is -2.45. The number of piperazine rings is 2. The molecule has 5 heteroatoms. The van der Waals surface area contributed by atoms with Crippen LogP contribution < -0.4 is 0 Å². The van der Waals surface area contributed by atoms with Crippen LogP contribution in [0.5, 0.6) is 0 Å². The van der Waals surface area contributed by atoms with E-state index < -0.39 is 0 Å². The van der Waals surface area contributed by atoms with Crippen LogP contribution in [0.3, 0.4) is 0 Å². The van der Waals surface area contributed by atoms with Crippen molar-refractivity contribution in [3.05, 3.63) is 0 Å². The molecule has 2 rings (SSSR count). The third-order valence-corrected chi connectivity index (χ3v) is 4.72. The van der Waals surface area contributed by atoms with Crippen molar-refractivity contribution in [3.8, 4) is 0 Å². The second-order valence-corrected chi connectivity index (χ2v) is 6.61. The quantitative estimate of drug-likeness (QED) is 0.599. The van der Waals surface area contributed by atoms with Gasteiger partial charge in [-0.05, 0) is 26.9 Å². The van der Waals surface area contributed by atoms with Gasteiger partial charge in [-0.1, -0.05) is 0 Å². The highest BCUT2D eigenvalue weighted by molar-refractivity contribution is 4.69. The van der Waals surface area contributed by atoms with Crippen molar-refractivity contribution in [2.24, 2.45) is 0 Å². The first-order valence-corrected chi connectivity index (χ1v) is 8.63. The molecule has 0 spiro atoms. The van der Waals surface area contributed by atoms with Crippen molar-refractivity contribution in [2.75, 3.05) is 92.8 Å². The first-order chi connectivity index (χ1) is 10.2. The van der Waals surface area contributed by atoms with Crippen LogP contribution >= 0.6 is 0 Å². The van der Waals surface area contributed by atoms with Crippen LogP contribution in [0.25, 0.3) is 0 Å². The lowest BCUT2D eigenvalue weighted by Gasteiger charge is -2.32. The first kappa shape index (κ1) is 17.2. The van der Waals surface area contributed by atoms with Crippen LogP contribution in [-0.2, 0) is 4.74 Å². The van der Waals surface area contributed by atoms with Gasteiger partial charge in [-0.3, -0.25) is 0 Å². The number of likely N-dealkylation sites (N-methyl/N-ethyl adjacent to an activating group) is 2. The maximum Gasteiger partial charge on any atom is 0.0478 e.